The first-order valence-electron chi connectivity index (χ1n) is 10.7. The standard InChI is InChI=1S/C21H32ClN3O2S/c1-2-19-20(22)4-3-5-21(19)25-12-10-24(11-13-25)9-8-16-14-17(15-16)23-28(26,27)18-6-7-18/h3-5,16-18,23H,2,6-15H2,1H3. The largest absolute Gasteiger partial charge is 0.369 e. The molecule has 1 aromatic rings. The van der Waals surface area contributed by atoms with Gasteiger partial charge in [0.15, 0.2) is 0 Å². The number of sulfonamides is 1. The van der Waals surface area contributed by atoms with Crippen molar-refractivity contribution in [2.45, 2.75) is 56.7 Å². The molecule has 3 fully saturated rings. The lowest BCUT2D eigenvalue weighted by atomic mass is 9.79. The highest BCUT2D eigenvalue weighted by atomic mass is 35.5. The first-order valence-corrected chi connectivity index (χ1v) is 12.6. The van der Waals surface area contributed by atoms with E-state index in [9.17, 15) is 8.42 Å². The van der Waals surface area contributed by atoms with Crippen molar-refractivity contribution in [2.24, 2.45) is 5.92 Å². The highest BCUT2D eigenvalue weighted by Gasteiger charge is 2.40. The number of hydrogen-bond donors (Lipinski definition) is 1. The number of rotatable bonds is 8. The molecule has 2 saturated carbocycles. The van der Waals surface area contributed by atoms with Gasteiger partial charge < -0.3 is 4.90 Å². The van der Waals surface area contributed by atoms with Crippen molar-refractivity contribution in [3.63, 3.8) is 0 Å². The van der Waals surface area contributed by atoms with Crippen molar-refractivity contribution in [3.8, 4) is 0 Å². The molecule has 1 saturated heterocycles. The van der Waals surface area contributed by atoms with Gasteiger partial charge in [-0.2, -0.15) is 0 Å². The van der Waals surface area contributed by atoms with E-state index in [0.717, 1.165) is 69.9 Å². The van der Waals surface area contributed by atoms with Crippen LogP contribution >= 0.6 is 11.6 Å². The predicted octanol–water partition coefficient (Wildman–Crippen LogP) is 3.27. The molecule has 1 N–H and O–H groups in total. The topological polar surface area (TPSA) is 52.6 Å². The van der Waals surface area contributed by atoms with Crippen LogP contribution in [0.25, 0.3) is 0 Å². The van der Waals surface area contributed by atoms with Crippen LogP contribution in [0.5, 0.6) is 0 Å². The van der Waals surface area contributed by atoms with Crippen LogP contribution in [0.3, 0.4) is 0 Å². The van der Waals surface area contributed by atoms with Crippen LogP contribution in [0.15, 0.2) is 18.2 Å². The summed E-state index contributed by atoms with van der Waals surface area (Å²) in [5, 5.41) is 0.773. The van der Waals surface area contributed by atoms with Gasteiger partial charge in [0, 0.05) is 42.9 Å². The second-order valence-corrected chi connectivity index (χ2v) is 11.0. The first kappa shape index (κ1) is 20.5. The minimum Gasteiger partial charge on any atom is -0.369 e. The van der Waals surface area contributed by atoms with E-state index in [-0.39, 0.29) is 11.3 Å². The summed E-state index contributed by atoms with van der Waals surface area (Å²) in [5.41, 5.74) is 2.55. The van der Waals surface area contributed by atoms with Crippen LogP contribution in [0, 0.1) is 5.92 Å². The maximum absolute atomic E-state index is 12.0. The summed E-state index contributed by atoms with van der Waals surface area (Å²) < 4.78 is 26.9. The third-order valence-corrected chi connectivity index (χ3v) is 8.91. The lowest BCUT2D eigenvalue weighted by Gasteiger charge is -2.40. The Morgan fingerprint density at radius 1 is 1.14 bits per heavy atom. The number of anilines is 1. The van der Waals surface area contributed by atoms with Gasteiger partial charge in [-0.05, 0) is 68.7 Å². The van der Waals surface area contributed by atoms with Crippen LogP contribution in [0.1, 0.15) is 44.6 Å². The normalized spacial score (nSPS) is 26.3. The third kappa shape index (κ3) is 4.66. The fraction of sp³-hybridized carbons (Fsp3) is 0.714. The van der Waals surface area contributed by atoms with Crippen molar-refractivity contribution < 1.29 is 8.42 Å². The second kappa shape index (κ2) is 8.50. The maximum Gasteiger partial charge on any atom is 0.214 e. The molecule has 0 spiro atoms. The molecule has 1 heterocycles. The molecule has 0 unspecified atom stereocenters. The van der Waals surface area contributed by atoms with Crippen molar-refractivity contribution in [1.82, 2.24) is 9.62 Å². The van der Waals surface area contributed by atoms with Crippen LogP contribution < -0.4 is 9.62 Å². The van der Waals surface area contributed by atoms with E-state index >= 15 is 0 Å². The molecule has 0 amide bonds. The van der Waals surface area contributed by atoms with Crippen molar-refractivity contribution in [1.29, 1.82) is 0 Å². The average molecular weight is 426 g/mol. The second-order valence-electron chi connectivity index (χ2n) is 8.61. The maximum atomic E-state index is 12.0. The zero-order valence-electron chi connectivity index (χ0n) is 16.7. The van der Waals surface area contributed by atoms with E-state index in [2.05, 4.69) is 27.5 Å². The summed E-state index contributed by atoms with van der Waals surface area (Å²) in [5.74, 6) is 0.671. The van der Waals surface area contributed by atoms with Gasteiger partial charge in [0.1, 0.15) is 0 Å². The van der Waals surface area contributed by atoms with Gasteiger partial charge in [-0.1, -0.05) is 24.6 Å². The van der Waals surface area contributed by atoms with Crippen molar-refractivity contribution in [3.05, 3.63) is 28.8 Å². The minimum atomic E-state index is -3.02. The molecule has 4 rings (SSSR count). The molecule has 3 aliphatic rings. The van der Waals surface area contributed by atoms with Gasteiger partial charge in [0.2, 0.25) is 10.0 Å². The van der Waals surface area contributed by atoms with Gasteiger partial charge in [0.25, 0.3) is 0 Å². The number of benzene rings is 1. The van der Waals surface area contributed by atoms with E-state index in [0.29, 0.717) is 5.92 Å². The Bertz CT molecular complexity index is 783. The molecule has 0 radical (unpaired) electrons. The minimum absolute atomic E-state index is 0.101. The van der Waals surface area contributed by atoms with E-state index in [4.69, 9.17) is 11.6 Å². The van der Waals surface area contributed by atoms with E-state index in [1.807, 2.05) is 12.1 Å². The molecular weight excluding hydrogens is 394 g/mol. The summed E-state index contributed by atoms with van der Waals surface area (Å²) in [6, 6.07) is 6.41. The molecule has 1 aromatic carbocycles. The van der Waals surface area contributed by atoms with E-state index in [1.54, 1.807) is 0 Å². The molecule has 7 heteroatoms. The van der Waals surface area contributed by atoms with Crippen molar-refractivity contribution >= 4 is 27.3 Å². The quantitative estimate of drug-likeness (QED) is 0.694. The summed E-state index contributed by atoms with van der Waals surface area (Å²) in [4.78, 5) is 5.02. The summed E-state index contributed by atoms with van der Waals surface area (Å²) >= 11 is 6.38. The zero-order valence-corrected chi connectivity index (χ0v) is 18.3. The Morgan fingerprint density at radius 3 is 2.50 bits per heavy atom. The van der Waals surface area contributed by atoms with Crippen LogP contribution in [-0.4, -0.2) is 57.3 Å². The van der Waals surface area contributed by atoms with Crippen molar-refractivity contribution in [2.75, 3.05) is 37.6 Å². The average Bonchev–Trinajstić information content (AvgIpc) is 3.49. The highest BCUT2D eigenvalue weighted by molar-refractivity contribution is 7.90. The Balaban J connectivity index is 1.17. The fourth-order valence-electron chi connectivity index (χ4n) is 4.55. The molecule has 2 aliphatic carbocycles. The Labute approximate surface area is 174 Å². The molecule has 156 valence electrons. The number of piperazine rings is 1. The SMILES string of the molecule is CCc1c(Cl)cccc1N1CCN(CCC2CC(NS(=O)(=O)C3CC3)C2)CC1. The van der Waals surface area contributed by atoms with Gasteiger partial charge in [-0.3, -0.25) is 4.90 Å². The summed E-state index contributed by atoms with van der Waals surface area (Å²) in [6.07, 6.45) is 5.84. The molecule has 1 aliphatic heterocycles. The van der Waals surface area contributed by atoms with E-state index in [1.165, 1.54) is 17.7 Å². The van der Waals surface area contributed by atoms with Crippen LogP contribution in [0.4, 0.5) is 5.69 Å². The molecule has 0 atom stereocenters. The first-order chi connectivity index (χ1) is 13.5. The predicted molar refractivity (Wildman–Crippen MR) is 116 cm³/mol. The summed E-state index contributed by atoms with van der Waals surface area (Å²) in [6.45, 7) is 7.54. The van der Waals surface area contributed by atoms with Gasteiger partial charge in [0.05, 0.1) is 5.25 Å². The Hall–Kier alpha value is -0.820. The molecule has 0 aromatic heterocycles. The van der Waals surface area contributed by atoms with Gasteiger partial charge in [-0.25, -0.2) is 13.1 Å². The smallest absolute Gasteiger partial charge is 0.214 e. The monoisotopic (exact) mass is 425 g/mol. The third-order valence-electron chi connectivity index (χ3n) is 6.54. The lowest BCUT2D eigenvalue weighted by Crippen LogP contribution is -2.49. The summed E-state index contributed by atoms with van der Waals surface area (Å²) in [7, 11) is -3.02. The molecule has 28 heavy (non-hydrogen) atoms. The number of nitrogens with zero attached hydrogens (tertiary/aromatic N) is 2. The van der Waals surface area contributed by atoms with Crippen LogP contribution in [0.2, 0.25) is 5.02 Å². The zero-order chi connectivity index (χ0) is 19.7. The Morgan fingerprint density at radius 2 is 1.86 bits per heavy atom. The van der Waals surface area contributed by atoms with E-state index < -0.39 is 10.0 Å². The number of hydrogen-bond acceptors (Lipinski definition) is 4. The Kier molecular flexibility index (Phi) is 6.21. The highest BCUT2D eigenvalue weighted by Crippen LogP contribution is 2.34. The molecule has 5 nitrogen and oxygen atoms in total. The molecular formula is C21H32ClN3O2S. The fourth-order valence-corrected chi connectivity index (χ4v) is 6.45. The van der Waals surface area contributed by atoms with Gasteiger partial charge >= 0.3 is 0 Å². The lowest BCUT2D eigenvalue weighted by molar-refractivity contribution is 0.182. The number of halogens is 1. The number of nitrogens with one attached hydrogen (secondary N) is 1. The van der Waals surface area contributed by atoms with Gasteiger partial charge in [-0.15, -0.1) is 0 Å². The van der Waals surface area contributed by atoms with Crippen LogP contribution in [-0.2, 0) is 16.4 Å². The molecule has 0 bridgehead atoms.